The summed E-state index contributed by atoms with van der Waals surface area (Å²) in [7, 11) is 1.63. The van der Waals surface area contributed by atoms with Gasteiger partial charge in [-0.1, -0.05) is 15.9 Å². The summed E-state index contributed by atoms with van der Waals surface area (Å²) in [6, 6.07) is 5.24. The number of anilines is 1. The van der Waals surface area contributed by atoms with E-state index in [4.69, 9.17) is 10.5 Å². The Morgan fingerprint density at radius 2 is 2.22 bits per heavy atom. The van der Waals surface area contributed by atoms with Crippen LogP contribution in [0.5, 0.6) is 0 Å². The predicted molar refractivity (Wildman–Crippen MR) is 76.6 cm³/mol. The Kier molecular flexibility index (Phi) is 6.32. The molecule has 0 aliphatic carbocycles. The number of hydrogen-bond donors (Lipinski definition) is 2. The summed E-state index contributed by atoms with van der Waals surface area (Å²) >= 11 is 3.39. The maximum Gasteiger partial charge on any atom is 0.241 e. The zero-order valence-corrected chi connectivity index (χ0v) is 12.3. The van der Waals surface area contributed by atoms with Gasteiger partial charge in [0, 0.05) is 23.9 Å². The lowest BCUT2D eigenvalue weighted by Gasteiger charge is -2.12. The van der Waals surface area contributed by atoms with Crippen LogP contribution in [-0.4, -0.2) is 25.7 Å². The largest absolute Gasteiger partial charge is 0.385 e. The fraction of sp³-hybridized carbons (Fsp3) is 0.462. The number of ether oxygens (including phenoxy) is 1. The monoisotopic (exact) mass is 314 g/mol. The number of benzene rings is 1. The number of carbonyl (C=O) groups is 1. The minimum Gasteiger partial charge on any atom is -0.385 e. The van der Waals surface area contributed by atoms with Gasteiger partial charge in [0.25, 0.3) is 0 Å². The zero-order valence-electron chi connectivity index (χ0n) is 10.7. The predicted octanol–water partition coefficient (Wildman–Crippen LogP) is 2.45. The number of nitrogens with two attached hydrogens (primary N) is 1. The van der Waals surface area contributed by atoms with Crippen molar-refractivity contribution in [3.63, 3.8) is 0 Å². The van der Waals surface area contributed by atoms with Gasteiger partial charge in [-0.05, 0) is 43.5 Å². The molecule has 1 atom stereocenters. The van der Waals surface area contributed by atoms with Gasteiger partial charge in [0.05, 0.1) is 6.04 Å². The number of halogens is 1. The van der Waals surface area contributed by atoms with E-state index in [0.717, 1.165) is 22.1 Å². The number of amides is 1. The van der Waals surface area contributed by atoms with Gasteiger partial charge in [0.1, 0.15) is 0 Å². The molecule has 0 saturated carbocycles. The minimum absolute atomic E-state index is 0.163. The Hall–Kier alpha value is -0.910. The van der Waals surface area contributed by atoms with E-state index in [0.29, 0.717) is 13.0 Å². The molecule has 1 unspecified atom stereocenters. The number of hydrogen-bond acceptors (Lipinski definition) is 3. The molecule has 0 heterocycles. The third-order valence-corrected chi connectivity index (χ3v) is 2.97. The molecule has 0 saturated heterocycles. The molecule has 1 rings (SSSR count). The van der Waals surface area contributed by atoms with Gasteiger partial charge in [-0.25, -0.2) is 0 Å². The normalized spacial score (nSPS) is 12.2. The van der Waals surface area contributed by atoms with Crippen molar-refractivity contribution in [2.24, 2.45) is 5.73 Å². The average Bonchev–Trinajstić information content (AvgIpc) is 2.27. The first-order chi connectivity index (χ1) is 8.52. The Balaban J connectivity index is 2.52. The highest BCUT2D eigenvalue weighted by Crippen LogP contribution is 2.19. The van der Waals surface area contributed by atoms with Crippen LogP contribution in [0.4, 0.5) is 5.69 Å². The van der Waals surface area contributed by atoms with E-state index >= 15 is 0 Å². The number of methoxy groups -OCH3 is 1. The highest BCUT2D eigenvalue weighted by Gasteiger charge is 2.13. The van der Waals surface area contributed by atoms with Crippen LogP contribution in [0, 0.1) is 6.92 Å². The molecular weight excluding hydrogens is 296 g/mol. The van der Waals surface area contributed by atoms with Crippen molar-refractivity contribution >= 4 is 27.5 Å². The van der Waals surface area contributed by atoms with Crippen LogP contribution in [-0.2, 0) is 9.53 Å². The van der Waals surface area contributed by atoms with E-state index in [1.54, 1.807) is 7.11 Å². The number of rotatable bonds is 6. The highest BCUT2D eigenvalue weighted by molar-refractivity contribution is 9.10. The molecule has 4 nitrogen and oxygen atoms in total. The van der Waals surface area contributed by atoms with Crippen molar-refractivity contribution in [3.8, 4) is 0 Å². The molecule has 100 valence electrons. The van der Waals surface area contributed by atoms with Gasteiger partial charge >= 0.3 is 0 Å². The van der Waals surface area contributed by atoms with E-state index in [2.05, 4.69) is 21.2 Å². The number of carbonyl (C=O) groups excluding carboxylic acids is 1. The average molecular weight is 315 g/mol. The molecule has 0 aliphatic heterocycles. The Bertz CT molecular complexity index is 390. The standard InChI is InChI=1S/C13H19BrN2O2/c1-9-6-10(14)8-11(7-9)16-13(17)12(15)4-3-5-18-2/h6-8,12H,3-5,15H2,1-2H3,(H,16,17). The van der Waals surface area contributed by atoms with Crippen molar-refractivity contribution in [2.45, 2.75) is 25.8 Å². The van der Waals surface area contributed by atoms with Crippen LogP contribution in [0.2, 0.25) is 0 Å². The SMILES string of the molecule is COCCCC(N)C(=O)Nc1cc(C)cc(Br)c1. The van der Waals surface area contributed by atoms with E-state index in [-0.39, 0.29) is 5.91 Å². The van der Waals surface area contributed by atoms with Crippen LogP contribution >= 0.6 is 15.9 Å². The quantitative estimate of drug-likeness (QED) is 0.793. The highest BCUT2D eigenvalue weighted by atomic mass is 79.9. The molecule has 0 radical (unpaired) electrons. The first-order valence-electron chi connectivity index (χ1n) is 5.85. The Labute approximate surface area is 116 Å². The van der Waals surface area contributed by atoms with Gasteiger partial charge in [-0.2, -0.15) is 0 Å². The van der Waals surface area contributed by atoms with Gasteiger partial charge in [0.2, 0.25) is 5.91 Å². The molecule has 0 aromatic heterocycles. The van der Waals surface area contributed by atoms with Gasteiger partial charge in [-0.3, -0.25) is 4.79 Å². The summed E-state index contributed by atoms with van der Waals surface area (Å²) in [6.07, 6.45) is 1.40. The van der Waals surface area contributed by atoms with Gasteiger partial charge in [0.15, 0.2) is 0 Å². The molecule has 1 amide bonds. The lowest BCUT2D eigenvalue weighted by Crippen LogP contribution is -2.35. The molecule has 1 aromatic carbocycles. The van der Waals surface area contributed by atoms with Crippen LogP contribution in [0.3, 0.4) is 0 Å². The third kappa shape index (κ3) is 5.16. The molecule has 5 heteroatoms. The van der Waals surface area contributed by atoms with Crippen molar-refractivity contribution in [1.82, 2.24) is 0 Å². The second-order valence-electron chi connectivity index (χ2n) is 4.25. The molecule has 1 aromatic rings. The fourth-order valence-corrected chi connectivity index (χ4v) is 2.23. The second-order valence-corrected chi connectivity index (χ2v) is 5.16. The van der Waals surface area contributed by atoms with Crippen LogP contribution in [0.25, 0.3) is 0 Å². The summed E-state index contributed by atoms with van der Waals surface area (Å²) < 4.78 is 5.86. The summed E-state index contributed by atoms with van der Waals surface area (Å²) in [5, 5.41) is 2.82. The van der Waals surface area contributed by atoms with Crippen LogP contribution < -0.4 is 11.1 Å². The van der Waals surface area contributed by atoms with E-state index in [9.17, 15) is 4.79 Å². The van der Waals surface area contributed by atoms with Crippen molar-refractivity contribution in [3.05, 3.63) is 28.2 Å². The van der Waals surface area contributed by atoms with E-state index < -0.39 is 6.04 Å². The molecule has 3 N–H and O–H groups in total. The van der Waals surface area contributed by atoms with E-state index in [1.807, 2.05) is 25.1 Å². The summed E-state index contributed by atoms with van der Waals surface area (Å²) in [4.78, 5) is 11.8. The zero-order chi connectivity index (χ0) is 13.5. The topological polar surface area (TPSA) is 64.3 Å². The van der Waals surface area contributed by atoms with Gasteiger partial charge < -0.3 is 15.8 Å². The molecule has 0 bridgehead atoms. The van der Waals surface area contributed by atoms with Crippen molar-refractivity contribution in [2.75, 3.05) is 19.0 Å². The molecular formula is C13H19BrN2O2. The molecule has 18 heavy (non-hydrogen) atoms. The second kappa shape index (κ2) is 7.51. The Morgan fingerprint density at radius 3 is 2.83 bits per heavy atom. The molecule has 0 aliphatic rings. The summed E-state index contributed by atoms with van der Waals surface area (Å²) in [6.45, 7) is 2.59. The first-order valence-corrected chi connectivity index (χ1v) is 6.65. The lowest BCUT2D eigenvalue weighted by atomic mass is 10.1. The smallest absolute Gasteiger partial charge is 0.241 e. The van der Waals surface area contributed by atoms with Crippen molar-refractivity contribution in [1.29, 1.82) is 0 Å². The van der Waals surface area contributed by atoms with Crippen molar-refractivity contribution < 1.29 is 9.53 Å². The van der Waals surface area contributed by atoms with E-state index in [1.165, 1.54) is 0 Å². The lowest BCUT2D eigenvalue weighted by molar-refractivity contribution is -0.117. The van der Waals surface area contributed by atoms with Crippen LogP contribution in [0.1, 0.15) is 18.4 Å². The first kappa shape index (κ1) is 15.1. The molecule has 0 spiro atoms. The maximum atomic E-state index is 11.8. The fourth-order valence-electron chi connectivity index (χ4n) is 1.62. The maximum absolute atomic E-state index is 11.8. The van der Waals surface area contributed by atoms with Crippen LogP contribution in [0.15, 0.2) is 22.7 Å². The summed E-state index contributed by atoms with van der Waals surface area (Å²) in [5.74, 6) is -0.163. The Morgan fingerprint density at radius 1 is 1.50 bits per heavy atom. The number of nitrogens with one attached hydrogen (secondary N) is 1. The minimum atomic E-state index is -0.501. The number of aryl methyl sites for hydroxylation is 1. The van der Waals surface area contributed by atoms with Gasteiger partial charge in [-0.15, -0.1) is 0 Å². The molecule has 0 fully saturated rings. The summed E-state index contributed by atoms with van der Waals surface area (Å²) in [5.41, 5.74) is 7.64. The third-order valence-electron chi connectivity index (χ3n) is 2.51.